The fraction of sp³-hybridized carbons (Fsp3) is 0.158. The molecule has 0 spiro atoms. The lowest BCUT2D eigenvalue weighted by molar-refractivity contribution is -0.136. The third-order valence-electron chi connectivity index (χ3n) is 3.81. The molecule has 0 atom stereocenters. The molecule has 0 saturated carbocycles. The standard InChI is InChI=1S/C19H19N3O3/c1-25-12-11-20-18(23)19(24)22-17-14-9-5-6-10-15(14)21-16(17)13-7-3-2-4-8-13/h2-10,21H,11-12H2,1H3,(H,20,23)(H,22,24). The number of methoxy groups -OCH3 is 1. The lowest BCUT2D eigenvalue weighted by Gasteiger charge is -2.08. The predicted molar refractivity (Wildman–Crippen MR) is 97.3 cm³/mol. The molecule has 3 N–H and O–H groups in total. The highest BCUT2D eigenvalue weighted by Crippen LogP contribution is 2.34. The monoisotopic (exact) mass is 337 g/mol. The van der Waals surface area contributed by atoms with Gasteiger partial charge in [-0.25, -0.2) is 0 Å². The number of H-pyrrole nitrogens is 1. The number of fused-ring (bicyclic) bond motifs is 1. The van der Waals surface area contributed by atoms with Gasteiger partial charge in [-0.3, -0.25) is 9.59 Å². The average molecular weight is 337 g/mol. The van der Waals surface area contributed by atoms with Crippen LogP contribution in [0.5, 0.6) is 0 Å². The van der Waals surface area contributed by atoms with E-state index in [2.05, 4.69) is 15.6 Å². The molecule has 1 heterocycles. The van der Waals surface area contributed by atoms with E-state index in [0.29, 0.717) is 12.3 Å². The van der Waals surface area contributed by atoms with Gasteiger partial charge in [0.25, 0.3) is 0 Å². The highest BCUT2D eigenvalue weighted by atomic mass is 16.5. The maximum absolute atomic E-state index is 12.3. The number of aromatic nitrogens is 1. The van der Waals surface area contributed by atoms with Gasteiger partial charge in [0.2, 0.25) is 0 Å². The van der Waals surface area contributed by atoms with Gasteiger partial charge in [0, 0.05) is 30.1 Å². The summed E-state index contributed by atoms with van der Waals surface area (Å²) in [5, 5.41) is 6.10. The Bertz CT molecular complexity index is 887. The highest BCUT2D eigenvalue weighted by molar-refractivity contribution is 6.40. The Morgan fingerprint density at radius 1 is 1.00 bits per heavy atom. The van der Waals surface area contributed by atoms with Crippen LogP contribution in [0.3, 0.4) is 0 Å². The maximum Gasteiger partial charge on any atom is 0.313 e. The van der Waals surface area contributed by atoms with Crippen molar-refractivity contribution in [2.24, 2.45) is 0 Å². The van der Waals surface area contributed by atoms with Gasteiger partial charge in [-0.05, 0) is 6.07 Å². The molecule has 2 aromatic carbocycles. The molecule has 25 heavy (non-hydrogen) atoms. The minimum atomic E-state index is -0.710. The number of benzene rings is 2. The van der Waals surface area contributed by atoms with Crippen LogP contribution in [0, 0.1) is 0 Å². The van der Waals surface area contributed by atoms with E-state index in [4.69, 9.17) is 4.74 Å². The average Bonchev–Trinajstić information content (AvgIpc) is 3.01. The quantitative estimate of drug-likeness (QED) is 0.494. The minimum absolute atomic E-state index is 0.280. The van der Waals surface area contributed by atoms with Crippen LogP contribution >= 0.6 is 0 Å². The van der Waals surface area contributed by atoms with E-state index in [1.54, 1.807) is 0 Å². The van der Waals surface area contributed by atoms with E-state index in [0.717, 1.165) is 22.2 Å². The molecule has 3 aromatic rings. The molecular formula is C19H19N3O3. The van der Waals surface area contributed by atoms with Crippen molar-refractivity contribution in [3.05, 3.63) is 54.6 Å². The first kappa shape index (κ1) is 16.7. The van der Waals surface area contributed by atoms with Crippen molar-refractivity contribution in [3.63, 3.8) is 0 Å². The molecule has 0 aliphatic carbocycles. The summed E-state index contributed by atoms with van der Waals surface area (Å²) in [6.07, 6.45) is 0. The summed E-state index contributed by atoms with van der Waals surface area (Å²) in [6.45, 7) is 0.629. The summed E-state index contributed by atoms with van der Waals surface area (Å²) in [7, 11) is 1.53. The van der Waals surface area contributed by atoms with Gasteiger partial charge in [0.05, 0.1) is 18.0 Å². The Balaban J connectivity index is 1.92. The minimum Gasteiger partial charge on any atom is -0.383 e. The zero-order chi connectivity index (χ0) is 17.6. The number of amides is 2. The zero-order valence-corrected chi connectivity index (χ0v) is 13.8. The van der Waals surface area contributed by atoms with E-state index in [1.165, 1.54) is 7.11 Å². The molecule has 1 aromatic heterocycles. The van der Waals surface area contributed by atoms with Crippen LogP contribution in [0.4, 0.5) is 5.69 Å². The van der Waals surface area contributed by atoms with Crippen molar-refractivity contribution >= 4 is 28.4 Å². The van der Waals surface area contributed by atoms with Crippen LogP contribution < -0.4 is 10.6 Å². The fourth-order valence-corrected chi connectivity index (χ4v) is 2.61. The second-order valence-electron chi connectivity index (χ2n) is 5.49. The van der Waals surface area contributed by atoms with E-state index in [-0.39, 0.29) is 6.54 Å². The molecular weight excluding hydrogens is 318 g/mol. The Morgan fingerprint density at radius 2 is 1.72 bits per heavy atom. The van der Waals surface area contributed by atoms with Gasteiger partial charge in [0.1, 0.15) is 0 Å². The normalized spacial score (nSPS) is 10.6. The van der Waals surface area contributed by atoms with Gasteiger partial charge in [-0.15, -0.1) is 0 Å². The summed E-state index contributed by atoms with van der Waals surface area (Å²) in [5.74, 6) is -1.40. The van der Waals surface area contributed by atoms with Crippen molar-refractivity contribution in [2.75, 3.05) is 25.6 Å². The summed E-state index contributed by atoms with van der Waals surface area (Å²) in [5.41, 5.74) is 3.17. The van der Waals surface area contributed by atoms with Crippen molar-refractivity contribution in [3.8, 4) is 11.3 Å². The molecule has 0 bridgehead atoms. The number of nitrogens with one attached hydrogen (secondary N) is 3. The van der Waals surface area contributed by atoms with E-state index in [1.807, 2.05) is 54.6 Å². The topological polar surface area (TPSA) is 83.2 Å². The fourth-order valence-electron chi connectivity index (χ4n) is 2.61. The molecule has 6 heteroatoms. The molecule has 6 nitrogen and oxygen atoms in total. The van der Waals surface area contributed by atoms with E-state index < -0.39 is 11.8 Å². The first-order valence-corrected chi connectivity index (χ1v) is 7.95. The Labute approximate surface area is 145 Å². The number of hydrogen-bond donors (Lipinski definition) is 3. The zero-order valence-electron chi connectivity index (χ0n) is 13.8. The number of hydrogen-bond acceptors (Lipinski definition) is 3. The molecule has 0 aliphatic rings. The summed E-state index contributed by atoms with van der Waals surface area (Å²) in [6, 6.07) is 17.3. The summed E-state index contributed by atoms with van der Waals surface area (Å²) >= 11 is 0. The van der Waals surface area contributed by atoms with Crippen LogP contribution in [0.2, 0.25) is 0 Å². The molecule has 0 fully saturated rings. The molecule has 0 aliphatic heterocycles. The molecule has 2 amide bonds. The van der Waals surface area contributed by atoms with Gasteiger partial charge >= 0.3 is 11.8 Å². The first-order chi connectivity index (χ1) is 12.2. The van der Waals surface area contributed by atoms with Gasteiger partial charge in [-0.1, -0.05) is 48.5 Å². The molecule has 0 unspecified atom stereocenters. The third-order valence-corrected chi connectivity index (χ3v) is 3.81. The number of ether oxygens (including phenoxy) is 1. The van der Waals surface area contributed by atoms with Gasteiger partial charge in [-0.2, -0.15) is 0 Å². The molecule has 3 rings (SSSR count). The van der Waals surface area contributed by atoms with Gasteiger partial charge < -0.3 is 20.4 Å². The lowest BCUT2D eigenvalue weighted by Crippen LogP contribution is -2.37. The van der Waals surface area contributed by atoms with Crippen LogP contribution in [0.1, 0.15) is 0 Å². The van der Waals surface area contributed by atoms with Crippen LogP contribution in [0.15, 0.2) is 54.6 Å². The summed E-state index contributed by atoms with van der Waals surface area (Å²) < 4.78 is 4.86. The van der Waals surface area contributed by atoms with Crippen molar-refractivity contribution in [1.29, 1.82) is 0 Å². The van der Waals surface area contributed by atoms with Crippen molar-refractivity contribution in [2.45, 2.75) is 0 Å². The van der Waals surface area contributed by atoms with Crippen LogP contribution in [0.25, 0.3) is 22.2 Å². The smallest absolute Gasteiger partial charge is 0.313 e. The second kappa shape index (κ2) is 7.63. The van der Waals surface area contributed by atoms with Crippen molar-refractivity contribution < 1.29 is 14.3 Å². The van der Waals surface area contributed by atoms with Crippen molar-refractivity contribution in [1.82, 2.24) is 10.3 Å². The number of carbonyl (C=O) groups is 2. The van der Waals surface area contributed by atoms with Gasteiger partial charge in [0.15, 0.2) is 0 Å². The number of carbonyl (C=O) groups excluding carboxylic acids is 2. The number of para-hydroxylation sites is 1. The largest absolute Gasteiger partial charge is 0.383 e. The van der Waals surface area contributed by atoms with Crippen LogP contribution in [-0.2, 0) is 14.3 Å². The lowest BCUT2D eigenvalue weighted by atomic mass is 10.1. The third kappa shape index (κ3) is 3.70. The maximum atomic E-state index is 12.3. The highest BCUT2D eigenvalue weighted by Gasteiger charge is 2.19. The number of anilines is 1. The Kier molecular flexibility index (Phi) is 5.11. The van der Waals surface area contributed by atoms with E-state index in [9.17, 15) is 9.59 Å². The molecule has 0 radical (unpaired) electrons. The second-order valence-corrected chi connectivity index (χ2v) is 5.49. The Hall–Kier alpha value is -3.12. The molecule has 128 valence electrons. The Morgan fingerprint density at radius 3 is 2.48 bits per heavy atom. The van der Waals surface area contributed by atoms with Crippen LogP contribution in [-0.4, -0.2) is 37.1 Å². The first-order valence-electron chi connectivity index (χ1n) is 7.95. The molecule has 0 saturated heterocycles. The number of aromatic amines is 1. The number of rotatable bonds is 5. The SMILES string of the molecule is COCCNC(=O)C(=O)Nc1c(-c2ccccc2)[nH]c2ccccc12. The predicted octanol–water partition coefficient (Wildman–Crippen LogP) is 2.54. The van der Waals surface area contributed by atoms with E-state index >= 15 is 0 Å². The summed E-state index contributed by atoms with van der Waals surface area (Å²) in [4.78, 5) is 27.5.